The number of rotatable bonds is 6. The molecule has 1 N–H and O–H groups in total. The van der Waals surface area contributed by atoms with E-state index in [4.69, 9.17) is 0 Å². The summed E-state index contributed by atoms with van der Waals surface area (Å²) in [4.78, 5) is 2.34. The summed E-state index contributed by atoms with van der Waals surface area (Å²) >= 11 is 3.52. The van der Waals surface area contributed by atoms with Crippen LogP contribution in [0.15, 0.2) is 53.0 Å². The zero-order chi connectivity index (χ0) is 14.4. The molecule has 0 spiro atoms. The highest BCUT2D eigenvalue weighted by Gasteiger charge is 2.06. The van der Waals surface area contributed by atoms with Gasteiger partial charge in [-0.25, -0.2) is 0 Å². The minimum Gasteiger partial charge on any atom is -0.316 e. The summed E-state index contributed by atoms with van der Waals surface area (Å²) in [6.07, 6.45) is 0. The van der Waals surface area contributed by atoms with Gasteiger partial charge in [0.15, 0.2) is 0 Å². The predicted octanol–water partition coefficient (Wildman–Crippen LogP) is 3.80. The smallest absolute Gasteiger partial charge is 0.0237 e. The van der Waals surface area contributed by atoms with Gasteiger partial charge < -0.3 is 5.32 Å². The van der Waals surface area contributed by atoms with Crippen LogP contribution in [0.1, 0.15) is 16.7 Å². The number of hydrogen-bond acceptors (Lipinski definition) is 2. The van der Waals surface area contributed by atoms with E-state index in [1.807, 2.05) is 7.05 Å². The van der Waals surface area contributed by atoms with Gasteiger partial charge in [0.1, 0.15) is 0 Å². The van der Waals surface area contributed by atoms with Gasteiger partial charge in [0.2, 0.25) is 0 Å². The van der Waals surface area contributed by atoms with E-state index in [-0.39, 0.29) is 0 Å². The Morgan fingerprint density at radius 1 is 1.00 bits per heavy atom. The molecule has 0 aliphatic rings. The van der Waals surface area contributed by atoms with Crippen molar-refractivity contribution in [1.29, 1.82) is 0 Å². The molecule has 2 rings (SSSR count). The Balaban J connectivity index is 2.02. The Morgan fingerprint density at radius 3 is 2.45 bits per heavy atom. The lowest BCUT2D eigenvalue weighted by atomic mass is 10.1. The van der Waals surface area contributed by atoms with Crippen LogP contribution in [0.4, 0.5) is 0 Å². The van der Waals surface area contributed by atoms with Crippen molar-refractivity contribution in [3.05, 3.63) is 69.7 Å². The maximum atomic E-state index is 3.52. The van der Waals surface area contributed by atoms with Crippen molar-refractivity contribution >= 4 is 15.9 Å². The number of nitrogens with one attached hydrogen (secondary N) is 1. The van der Waals surface area contributed by atoms with Gasteiger partial charge in [-0.15, -0.1) is 0 Å². The highest BCUT2D eigenvalue weighted by molar-refractivity contribution is 9.10. The fourth-order valence-electron chi connectivity index (χ4n) is 2.37. The normalized spacial score (nSPS) is 11.0. The topological polar surface area (TPSA) is 15.3 Å². The molecule has 0 aliphatic carbocycles. The molecule has 0 bridgehead atoms. The lowest BCUT2D eigenvalue weighted by Crippen LogP contribution is -2.19. The van der Waals surface area contributed by atoms with Crippen molar-refractivity contribution < 1.29 is 0 Å². The average molecular weight is 333 g/mol. The summed E-state index contributed by atoms with van der Waals surface area (Å²) in [5, 5.41) is 3.23. The average Bonchev–Trinajstić information content (AvgIpc) is 2.41. The van der Waals surface area contributed by atoms with Crippen LogP contribution in [-0.4, -0.2) is 19.0 Å². The Morgan fingerprint density at radius 2 is 1.75 bits per heavy atom. The summed E-state index contributed by atoms with van der Waals surface area (Å²) < 4.78 is 1.14. The van der Waals surface area contributed by atoms with E-state index in [1.165, 1.54) is 16.7 Å². The zero-order valence-electron chi connectivity index (χ0n) is 12.1. The largest absolute Gasteiger partial charge is 0.316 e. The molecule has 3 heteroatoms. The molecule has 0 radical (unpaired) electrons. The molecule has 20 heavy (non-hydrogen) atoms. The minimum absolute atomic E-state index is 0.918. The maximum absolute atomic E-state index is 3.52. The lowest BCUT2D eigenvalue weighted by Gasteiger charge is -2.19. The van der Waals surface area contributed by atoms with Crippen molar-refractivity contribution in [3.8, 4) is 0 Å². The molecular weight excluding hydrogens is 312 g/mol. The van der Waals surface area contributed by atoms with Gasteiger partial charge in [-0.2, -0.15) is 0 Å². The monoisotopic (exact) mass is 332 g/mol. The van der Waals surface area contributed by atoms with Crippen LogP contribution in [0.5, 0.6) is 0 Å². The van der Waals surface area contributed by atoms with Gasteiger partial charge >= 0.3 is 0 Å². The molecule has 0 fully saturated rings. The maximum Gasteiger partial charge on any atom is 0.0237 e. The first kappa shape index (κ1) is 15.2. The fourth-order valence-corrected chi connectivity index (χ4v) is 2.81. The number of halogens is 1. The highest BCUT2D eigenvalue weighted by Crippen LogP contribution is 2.15. The van der Waals surface area contributed by atoms with Crippen molar-refractivity contribution in [2.45, 2.75) is 19.6 Å². The minimum atomic E-state index is 0.918. The Hall–Kier alpha value is -1.16. The highest BCUT2D eigenvalue weighted by atomic mass is 79.9. The molecule has 0 heterocycles. The summed E-state index contributed by atoms with van der Waals surface area (Å²) in [6, 6.07) is 17.1. The summed E-state index contributed by atoms with van der Waals surface area (Å²) in [7, 11) is 4.15. The molecule has 0 saturated heterocycles. The molecule has 2 aromatic rings. The molecular formula is C17H21BrN2. The summed E-state index contributed by atoms with van der Waals surface area (Å²) in [5.74, 6) is 0. The molecule has 0 aromatic heterocycles. The first-order valence-corrected chi connectivity index (χ1v) is 7.62. The van der Waals surface area contributed by atoms with Gasteiger partial charge in [-0.05, 0) is 42.9 Å². The molecule has 2 nitrogen and oxygen atoms in total. The Bertz CT molecular complexity index is 554. The van der Waals surface area contributed by atoms with Gasteiger partial charge in [0.25, 0.3) is 0 Å². The van der Waals surface area contributed by atoms with Crippen LogP contribution in [0.25, 0.3) is 0 Å². The zero-order valence-corrected chi connectivity index (χ0v) is 13.7. The molecule has 0 aliphatic heterocycles. The van der Waals surface area contributed by atoms with Crippen LogP contribution >= 0.6 is 15.9 Å². The van der Waals surface area contributed by atoms with Crippen molar-refractivity contribution in [1.82, 2.24) is 10.2 Å². The van der Waals surface area contributed by atoms with Crippen LogP contribution < -0.4 is 5.32 Å². The summed E-state index contributed by atoms with van der Waals surface area (Å²) in [6.45, 7) is 2.83. The third-order valence-corrected chi connectivity index (χ3v) is 3.76. The van der Waals surface area contributed by atoms with Crippen molar-refractivity contribution in [3.63, 3.8) is 0 Å². The first-order chi connectivity index (χ1) is 9.69. The van der Waals surface area contributed by atoms with Crippen molar-refractivity contribution in [2.75, 3.05) is 14.1 Å². The van der Waals surface area contributed by atoms with Crippen LogP contribution in [-0.2, 0) is 19.6 Å². The second kappa shape index (κ2) is 7.58. The van der Waals surface area contributed by atoms with E-state index in [9.17, 15) is 0 Å². The number of benzene rings is 2. The molecule has 106 valence electrons. The van der Waals surface area contributed by atoms with E-state index in [1.54, 1.807) is 0 Å². The Labute approximate surface area is 129 Å². The molecule has 0 atom stereocenters. The number of nitrogens with zero attached hydrogens (tertiary/aromatic N) is 1. The third-order valence-electron chi connectivity index (χ3n) is 3.27. The van der Waals surface area contributed by atoms with E-state index >= 15 is 0 Å². The second-order valence-corrected chi connectivity index (χ2v) is 6.02. The van der Waals surface area contributed by atoms with Gasteiger partial charge in [0.05, 0.1) is 0 Å². The van der Waals surface area contributed by atoms with Gasteiger partial charge in [0, 0.05) is 24.1 Å². The quantitative estimate of drug-likeness (QED) is 0.865. The molecule has 0 saturated carbocycles. The second-order valence-electron chi connectivity index (χ2n) is 5.10. The summed E-state index contributed by atoms with van der Waals surface area (Å²) in [5.41, 5.74) is 4.09. The van der Waals surface area contributed by atoms with E-state index in [0.29, 0.717) is 0 Å². The lowest BCUT2D eigenvalue weighted by molar-refractivity contribution is 0.318. The van der Waals surface area contributed by atoms with E-state index in [0.717, 1.165) is 24.1 Å². The molecule has 0 unspecified atom stereocenters. The standard InChI is InChI=1S/C17H21BrN2/c1-19-11-15-7-3-4-8-16(15)13-20(2)12-14-6-5-9-17(18)10-14/h3-10,19H,11-13H2,1-2H3. The van der Waals surface area contributed by atoms with Crippen molar-refractivity contribution in [2.24, 2.45) is 0 Å². The third kappa shape index (κ3) is 4.44. The van der Waals surface area contributed by atoms with Gasteiger partial charge in [-0.1, -0.05) is 52.3 Å². The first-order valence-electron chi connectivity index (χ1n) is 6.83. The SMILES string of the molecule is CNCc1ccccc1CN(C)Cc1cccc(Br)c1. The molecule has 2 aromatic carbocycles. The van der Waals surface area contributed by atoms with Gasteiger partial charge in [-0.3, -0.25) is 4.90 Å². The van der Waals surface area contributed by atoms with E-state index in [2.05, 4.69) is 81.7 Å². The fraction of sp³-hybridized carbons (Fsp3) is 0.294. The van der Waals surface area contributed by atoms with Crippen LogP contribution in [0, 0.1) is 0 Å². The van der Waals surface area contributed by atoms with Crippen LogP contribution in [0.3, 0.4) is 0 Å². The number of hydrogen-bond donors (Lipinski definition) is 1. The van der Waals surface area contributed by atoms with Crippen LogP contribution in [0.2, 0.25) is 0 Å². The predicted molar refractivity (Wildman–Crippen MR) is 88.5 cm³/mol. The Kier molecular flexibility index (Phi) is 5.77. The molecule has 0 amide bonds. The van der Waals surface area contributed by atoms with E-state index < -0.39 is 0 Å².